The molecule has 0 aliphatic rings. The Morgan fingerprint density at radius 1 is 1.25 bits per heavy atom. The molecule has 0 heterocycles. The lowest BCUT2D eigenvalue weighted by molar-refractivity contribution is -0.131. The highest BCUT2D eigenvalue weighted by Crippen LogP contribution is 2.25. The SMILES string of the molecule is CCOC(CNC(=O)Nc1cc(Cl)ccc1Cl)OCC. The Morgan fingerprint density at radius 3 is 2.50 bits per heavy atom. The van der Waals surface area contributed by atoms with Crippen LogP contribution in [0, 0.1) is 0 Å². The number of carbonyl (C=O) groups is 1. The molecule has 0 saturated heterocycles. The van der Waals surface area contributed by atoms with E-state index in [0.29, 0.717) is 28.9 Å². The van der Waals surface area contributed by atoms with Gasteiger partial charge in [0.15, 0.2) is 6.29 Å². The van der Waals surface area contributed by atoms with E-state index in [2.05, 4.69) is 10.6 Å². The van der Waals surface area contributed by atoms with Crippen molar-refractivity contribution < 1.29 is 14.3 Å². The van der Waals surface area contributed by atoms with Gasteiger partial charge >= 0.3 is 6.03 Å². The van der Waals surface area contributed by atoms with Gasteiger partial charge < -0.3 is 20.1 Å². The Hall–Kier alpha value is -1.01. The molecule has 0 bridgehead atoms. The van der Waals surface area contributed by atoms with Crippen molar-refractivity contribution in [1.29, 1.82) is 0 Å². The van der Waals surface area contributed by atoms with Crippen LogP contribution in [0.4, 0.5) is 10.5 Å². The molecule has 0 aliphatic heterocycles. The van der Waals surface area contributed by atoms with Crippen LogP contribution in [0.1, 0.15) is 13.8 Å². The maximum Gasteiger partial charge on any atom is 0.319 e. The van der Waals surface area contributed by atoms with Crippen molar-refractivity contribution in [1.82, 2.24) is 5.32 Å². The molecule has 1 aromatic carbocycles. The minimum atomic E-state index is -0.467. The zero-order valence-corrected chi connectivity index (χ0v) is 12.9. The van der Waals surface area contributed by atoms with Crippen molar-refractivity contribution in [2.24, 2.45) is 0 Å². The maximum atomic E-state index is 11.8. The topological polar surface area (TPSA) is 59.6 Å². The lowest BCUT2D eigenvalue weighted by Gasteiger charge is -2.17. The Balaban J connectivity index is 2.48. The highest BCUT2D eigenvalue weighted by atomic mass is 35.5. The third-order valence-electron chi connectivity index (χ3n) is 2.31. The van der Waals surface area contributed by atoms with E-state index in [0.717, 1.165) is 0 Å². The minimum Gasteiger partial charge on any atom is -0.351 e. The summed E-state index contributed by atoms with van der Waals surface area (Å²) < 4.78 is 10.6. The third kappa shape index (κ3) is 5.96. The van der Waals surface area contributed by atoms with Crippen LogP contribution in [0.2, 0.25) is 10.0 Å². The number of benzene rings is 1. The number of urea groups is 1. The average Bonchev–Trinajstić information content (AvgIpc) is 2.41. The number of hydrogen-bond acceptors (Lipinski definition) is 3. The van der Waals surface area contributed by atoms with Crippen LogP contribution in [-0.4, -0.2) is 32.1 Å². The number of ether oxygens (including phenoxy) is 2. The van der Waals surface area contributed by atoms with E-state index in [1.807, 2.05) is 13.8 Å². The molecule has 1 aromatic rings. The summed E-state index contributed by atoms with van der Waals surface area (Å²) >= 11 is 11.8. The average molecular weight is 321 g/mol. The van der Waals surface area contributed by atoms with Gasteiger partial charge in [-0.05, 0) is 32.0 Å². The van der Waals surface area contributed by atoms with E-state index in [-0.39, 0.29) is 6.54 Å². The van der Waals surface area contributed by atoms with E-state index < -0.39 is 12.3 Å². The van der Waals surface area contributed by atoms with Crippen molar-refractivity contribution in [2.45, 2.75) is 20.1 Å². The molecule has 0 aliphatic carbocycles. The summed E-state index contributed by atoms with van der Waals surface area (Å²) in [5.41, 5.74) is 0.445. The van der Waals surface area contributed by atoms with Crippen LogP contribution in [0.25, 0.3) is 0 Å². The van der Waals surface area contributed by atoms with E-state index in [1.165, 1.54) is 0 Å². The number of rotatable bonds is 7. The number of amides is 2. The summed E-state index contributed by atoms with van der Waals surface area (Å²) in [6, 6.07) is 4.43. The largest absolute Gasteiger partial charge is 0.351 e. The number of halogens is 2. The minimum absolute atomic E-state index is 0.242. The van der Waals surface area contributed by atoms with E-state index >= 15 is 0 Å². The molecule has 0 atom stereocenters. The predicted molar refractivity (Wildman–Crippen MR) is 80.5 cm³/mol. The Labute approximate surface area is 128 Å². The molecule has 0 fully saturated rings. The van der Waals surface area contributed by atoms with Crippen LogP contribution in [-0.2, 0) is 9.47 Å². The second-order valence-corrected chi connectivity index (χ2v) is 4.64. The Bertz CT molecular complexity index is 438. The van der Waals surface area contributed by atoms with Crippen LogP contribution >= 0.6 is 23.2 Å². The van der Waals surface area contributed by atoms with Crippen LogP contribution in [0.15, 0.2) is 18.2 Å². The van der Waals surface area contributed by atoms with Gasteiger partial charge in [-0.15, -0.1) is 0 Å². The van der Waals surface area contributed by atoms with Gasteiger partial charge in [0, 0.05) is 18.2 Å². The fraction of sp³-hybridized carbons (Fsp3) is 0.462. The molecule has 112 valence electrons. The summed E-state index contributed by atoms with van der Waals surface area (Å²) in [6.07, 6.45) is -0.467. The molecule has 2 amide bonds. The van der Waals surface area contributed by atoms with E-state index in [1.54, 1.807) is 18.2 Å². The normalized spacial score (nSPS) is 10.7. The first-order valence-corrected chi connectivity index (χ1v) is 7.05. The lowest BCUT2D eigenvalue weighted by atomic mass is 10.3. The highest BCUT2D eigenvalue weighted by Gasteiger charge is 2.11. The second kappa shape index (κ2) is 9.02. The van der Waals surface area contributed by atoms with Crippen LogP contribution in [0.3, 0.4) is 0 Å². The first-order valence-electron chi connectivity index (χ1n) is 6.29. The molecule has 2 N–H and O–H groups in total. The van der Waals surface area contributed by atoms with E-state index in [4.69, 9.17) is 32.7 Å². The summed E-state index contributed by atoms with van der Waals surface area (Å²) in [6.45, 7) is 4.98. The summed E-state index contributed by atoms with van der Waals surface area (Å²) in [7, 11) is 0. The lowest BCUT2D eigenvalue weighted by Crippen LogP contribution is -2.37. The van der Waals surface area contributed by atoms with Crippen LogP contribution < -0.4 is 10.6 Å². The van der Waals surface area contributed by atoms with Gasteiger partial charge in [0.2, 0.25) is 0 Å². The molecule has 0 unspecified atom stereocenters. The molecular weight excluding hydrogens is 303 g/mol. The third-order valence-corrected chi connectivity index (χ3v) is 2.88. The fourth-order valence-electron chi connectivity index (χ4n) is 1.47. The van der Waals surface area contributed by atoms with Gasteiger partial charge in [-0.3, -0.25) is 0 Å². The highest BCUT2D eigenvalue weighted by molar-refractivity contribution is 6.35. The summed E-state index contributed by atoms with van der Waals surface area (Å²) in [4.78, 5) is 11.8. The zero-order chi connectivity index (χ0) is 15.0. The first-order chi connectivity index (χ1) is 9.56. The van der Waals surface area contributed by atoms with Crippen molar-refractivity contribution in [2.75, 3.05) is 25.1 Å². The summed E-state index contributed by atoms with van der Waals surface area (Å²) in [5, 5.41) is 6.16. The van der Waals surface area contributed by atoms with Gasteiger partial charge in [0.1, 0.15) is 0 Å². The molecule has 1 rings (SSSR count). The first kappa shape index (κ1) is 17.0. The van der Waals surface area contributed by atoms with Crippen LogP contribution in [0.5, 0.6) is 0 Å². The van der Waals surface area contributed by atoms with Gasteiger partial charge in [-0.25, -0.2) is 4.79 Å². The smallest absolute Gasteiger partial charge is 0.319 e. The molecule has 0 spiro atoms. The molecule has 7 heteroatoms. The quantitative estimate of drug-likeness (QED) is 0.756. The fourth-order valence-corrected chi connectivity index (χ4v) is 1.81. The standard InChI is InChI=1S/C13H18Cl2N2O3/c1-3-19-12(20-4-2)8-16-13(18)17-11-7-9(14)5-6-10(11)15/h5-7,12H,3-4,8H2,1-2H3,(H2,16,17,18). The molecule has 5 nitrogen and oxygen atoms in total. The second-order valence-electron chi connectivity index (χ2n) is 3.80. The zero-order valence-electron chi connectivity index (χ0n) is 11.4. The van der Waals surface area contributed by atoms with Gasteiger partial charge in [0.25, 0.3) is 0 Å². The van der Waals surface area contributed by atoms with Gasteiger partial charge in [-0.1, -0.05) is 23.2 Å². The van der Waals surface area contributed by atoms with Crippen molar-refractivity contribution in [3.05, 3.63) is 28.2 Å². The molecular formula is C13H18Cl2N2O3. The number of anilines is 1. The van der Waals surface area contributed by atoms with Gasteiger partial charge in [0.05, 0.1) is 17.3 Å². The van der Waals surface area contributed by atoms with Gasteiger partial charge in [-0.2, -0.15) is 0 Å². The monoisotopic (exact) mass is 320 g/mol. The predicted octanol–water partition coefficient (Wildman–Crippen LogP) is 3.51. The number of carbonyl (C=O) groups excluding carboxylic acids is 1. The Morgan fingerprint density at radius 2 is 1.90 bits per heavy atom. The maximum absolute atomic E-state index is 11.8. The number of nitrogens with one attached hydrogen (secondary N) is 2. The molecule has 0 saturated carbocycles. The van der Waals surface area contributed by atoms with Crippen molar-refractivity contribution in [3.8, 4) is 0 Å². The molecule has 0 radical (unpaired) electrons. The van der Waals surface area contributed by atoms with E-state index in [9.17, 15) is 4.79 Å². The number of hydrogen-bond donors (Lipinski definition) is 2. The molecule has 20 heavy (non-hydrogen) atoms. The molecule has 0 aromatic heterocycles. The Kier molecular flexibility index (Phi) is 7.69. The van der Waals surface area contributed by atoms with Crippen molar-refractivity contribution >= 4 is 34.9 Å². The van der Waals surface area contributed by atoms with Crippen molar-refractivity contribution in [3.63, 3.8) is 0 Å². The summed E-state index contributed by atoms with van der Waals surface area (Å²) in [5.74, 6) is 0.